The summed E-state index contributed by atoms with van der Waals surface area (Å²) >= 11 is 0. The Kier molecular flexibility index (Phi) is 5.01. The molecule has 0 N–H and O–H groups in total. The highest BCUT2D eigenvalue weighted by atomic mass is 14.3. The van der Waals surface area contributed by atoms with E-state index in [-0.39, 0.29) is 0 Å². The van der Waals surface area contributed by atoms with Gasteiger partial charge >= 0.3 is 0 Å². The van der Waals surface area contributed by atoms with Crippen LogP contribution in [0.3, 0.4) is 0 Å². The van der Waals surface area contributed by atoms with Crippen LogP contribution in [-0.4, -0.2) is 0 Å². The summed E-state index contributed by atoms with van der Waals surface area (Å²) in [5, 5.41) is 0. The number of rotatable bonds is 1. The number of aryl methyl sites for hydroxylation is 1. The summed E-state index contributed by atoms with van der Waals surface area (Å²) in [4.78, 5) is 0. The van der Waals surface area contributed by atoms with Crippen LogP contribution in [0.25, 0.3) is 11.6 Å². The van der Waals surface area contributed by atoms with E-state index in [1.54, 1.807) is 0 Å². The number of fused-ring (bicyclic) bond motifs is 2. The number of benzene rings is 1. The predicted octanol–water partition coefficient (Wildman–Crippen LogP) is 6.13. The highest BCUT2D eigenvalue weighted by Crippen LogP contribution is 2.39. The lowest BCUT2D eigenvalue weighted by Crippen LogP contribution is -1.92. The lowest BCUT2D eigenvalue weighted by molar-refractivity contribution is 0.940. The molecule has 0 aliphatic heterocycles. The van der Waals surface area contributed by atoms with Gasteiger partial charge in [0.25, 0.3) is 0 Å². The van der Waals surface area contributed by atoms with Crippen molar-refractivity contribution in [3.63, 3.8) is 0 Å². The quantitative estimate of drug-likeness (QED) is 0.580. The van der Waals surface area contributed by atoms with Crippen LogP contribution in [0.4, 0.5) is 0 Å². The molecule has 0 spiro atoms. The van der Waals surface area contributed by atoms with Crippen LogP contribution in [-0.2, 0) is 6.42 Å². The molecule has 2 aliphatic rings. The van der Waals surface area contributed by atoms with Gasteiger partial charge in [0.05, 0.1) is 0 Å². The molecule has 1 aromatic rings. The number of allylic oxidation sites excluding steroid dienone is 7. The molecule has 1 unspecified atom stereocenters. The molecule has 0 saturated carbocycles. The molecule has 3 rings (SSSR count). The van der Waals surface area contributed by atoms with Crippen molar-refractivity contribution in [2.24, 2.45) is 5.92 Å². The predicted molar refractivity (Wildman–Crippen MR) is 95.3 cm³/mol. The molecule has 0 heterocycles. The molecule has 110 valence electrons. The van der Waals surface area contributed by atoms with E-state index >= 15 is 0 Å². The Balaban J connectivity index is 0.000000774. The van der Waals surface area contributed by atoms with Crippen LogP contribution in [0.15, 0.2) is 48.1 Å². The minimum absolute atomic E-state index is 0.532. The third kappa shape index (κ3) is 2.95. The minimum atomic E-state index is 0.532. The molecule has 0 nitrogen and oxygen atoms in total. The van der Waals surface area contributed by atoms with Crippen molar-refractivity contribution in [2.45, 2.75) is 41.0 Å². The van der Waals surface area contributed by atoms with Crippen molar-refractivity contribution >= 4 is 11.6 Å². The monoisotopic (exact) mass is 278 g/mol. The van der Waals surface area contributed by atoms with Crippen LogP contribution in [0.5, 0.6) is 0 Å². The Bertz CT molecular complexity index is 636. The second kappa shape index (κ2) is 6.76. The van der Waals surface area contributed by atoms with E-state index in [1.165, 1.54) is 33.4 Å². The van der Waals surface area contributed by atoms with Crippen LogP contribution >= 0.6 is 0 Å². The largest absolute Gasteiger partial charge is 0.0870 e. The molecule has 1 atom stereocenters. The first-order valence-electron chi connectivity index (χ1n) is 8.06. The van der Waals surface area contributed by atoms with E-state index in [4.69, 9.17) is 0 Å². The first-order valence-corrected chi connectivity index (χ1v) is 8.06. The zero-order chi connectivity index (χ0) is 15.4. The average Bonchev–Trinajstić information content (AvgIpc) is 2.76. The van der Waals surface area contributed by atoms with Crippen LogP contribution < -0.4 is 0 Å². The van der Waals surface area contributed by atoms with Crippen LogP contribution in [0.1, 0.15) is 49.9 Å². The van der Waals surface area contributed by atoms with E-state index in [1.807, 2.05) is 13.8 Å². The molecule has 0 amide bonds. The van der Waals surface area contributed by atoms with Gasteiger partial charge in [-0.15, -0.1) is 0 Å². The van der Waals surface area contributed by atoms with Crippen molar-refractivity contribution in [1.82, 2.24) is 0 Å². The van der Waals surface area contributed by atoms with Gasteiger partial charge < -0.3 is 0 Å². The van der Waals surface area contributed by atoms with Crippen LogP contribution in [0, 0.1) is 12.8 Å². The fourth-order valence-electron chi connectivity index (χ4n) is 3.00. The molecule has 2 aliphatic carbocycles. The second-order valence-corrected chi connectivity index (χ2v) is 5.52. The lowest BCUT2D eigenvalue weighted by Gasteiger charge is -2.10. The summed E-state index contributed by atoms with van der Waals surface area (Å²) in [6, 6.07) is 4.54. The molecule has 1 aromatic carbocycles. The Morgan fingerprint density at radius 3 is 2.52 bits per heavy atom. The standard InChI is InChI=1S/C19H20.C2H6/c1-4-5-17-14(3)8-10-16-12-15-9-6-13(2)7-11-18(15)19(16)17;1-2/h4-11,13H,12H2,1-3H3;1-2H3/b5-4-;. The Morgan fingerprint density at radius 1 is 1.10 bits per heavy atom. The number of hydrogen-bond acceptors (Lipinski definition) is 0. The summed E-state index contributed by atoms with van der Waals surface area (Å²) in [5.41, 5.74) is 8.55. The summed E-state index contributed by atoms with van der Waals surface area (Å²) < 4.78 is 0. The smallest absolute Gasteiger partial charge is 0.00133 e. The number of hydrogen-bond donors (Lipinski definition) is 0. The molecule has 0 bridgehead atoms. The Hall–Kier alpha value is -1.82. The molecule has 21 heavy (non-hydrogen) atoms. The van der Waals surface area contributed by atoms with Gasteiger partial charge in [0, 0.05) is 0 Å². The van der Waals surface area contributed by atoms with Crippen molar-refractivity contribution in [2.75, 3.05) is 0 Å². The average molecular weight is 278 g/mol. The molecule has 0 heteroatoms. The summed E-state index contributed by atoms with van der Waals surface area (Å²) in [7, 11) is 0. The van der Waals surface area contributed by atoms with E-state index in [0.717, 1.165) is 6.42 Å². The molecule has 0 radical (unpaired) electrons. The van der Waals surface area contributed by atoms with Gasteiger partial charge in [-0.3, -0.25) is 0 Å². The van der Waals surface area contributed by atoms with E-state index < -0.39 is 0 Å². The van der Waals surface area contributed by atoms with Gasteiger partial charge in [0.1, 0.15) is 0 Å². The third-order valence-corrected chi connectivity index (χ3v) is 4.05. The van der Waals surface area contributed by atoms with E-state index in [9.17, 15) is 0 Å². The Morgan fingerprint density at radius 2 is 1.81 bits per heavy atom. The van der Waals surface area contributed by atoms with Gasteiger partial charge in [-0.1, -0.05) is 69.4 Å². The summed E-state index contributed by atoms with van der Waals surface area (Å²) in [6.45, 7) is 10.5. The van der Waals surface area contributed by atoms with Crippen molar-refractivity contribution in [1.29, 1.82) is 0 Å². The SMILES string of the molecule is C/C=C\c1c(C)ccc2c1C1=C(C=CC(C)C=C1)C2.CC. The van der Waals surface area contributed by atoms with E-state index in [2.05, 4.69) is 69.4 Å². The lowest BCUT2D eigenvalue weighted by atomic mass is 9.94. The Labute approximate surface area is 129 Å². The molecule has 0 fully saturated rings. The van der Waals surface area contributed by atoms with Crippen LogP contribution in [0.2, 0.25) is 0 Å². The van der Waals surface area contributed by atoms with E-state index in [0.29, 0.717) is 5.92 Å². The second-order valence-electron chi connectivity index (χ2n) is 5.52. The normalized spacial score (nSPS) is 19.2. The van der Waals surface area contributed by atoms with Gasteiger partial charge in [-0.25, -0.2) is 0 Å². The molecule has 0 saturated heterocycles. The van der Waals surface area contributed by atoms with Gasteiger partial charge in [-0.2, -0.15) is 0 Å². The first kappa shape index (κ1) is 15.6. The van der Waals surface area contributed by atoms with Crippen molar-refractivity contribution < 1.29 is 0 Å². The highest BCUT2D eigenvalue weighted by molar-refractivity contribution is 5.90. The van der Waals surface area contributed by atoms with Gasteiger partial charge in [0.2, 0.25) is 0 Å². The summed E-state index contributed by atoms with van der Waals surface area (Å²) in [6.07, 6.45) is 14.7. The highest BCUT2D eigenvalue weighted by Gasteiger charge is 2.22. The maximum atomic E-state index is 2.32. The van der Waals surface area contributed by atoms with Crippen molar-refractivity contribution in [3.05, 3.63) is 70.3 Å². The van der Waals surface area contributed by atoms with Crippen molar-refractivity contribution in [3.8, 4) is 0 Å². The minimum Gasteiger partial charge on any atom is -0.0870 e. The maximum Gasteiger partial charge on any atom is -0.00133 e. The first-order chi connectivity index (χ1) is 10.2. The zero-order valence-electron chi connectivity index (χ0n) is 13.9. The topological polar surface area (TPSA) is 0 Å². The molecular formula is C21H26. The fraction of sp³-hybridized carbons (Fsp3) is 0.333. The zero-order valence-corrected chi connectivity index (χ0v) is 13.9. The summed E-state index contributed by atoms with van der Waals surface area (Å²) in [5.74, 6) is 0.532. The molecular weight excluding hydrogens is 252 g/mol. The fourth-order valence-corrected chi connectivity index (χ4v) is 3.00. The van der Waals surface area contributed by atoms with Gasteiger partial charge in [-0.05, 0) is 59.6 Å². The maximum absolute atomic E-state index is 2.32. The molecule has 0 aromatic heterocycles. The third-order valence-electron chi connectivity index (χ3n) is 4.05. The van der Waals surface area contributed by atoms with Gasteiger partial charge in [0.15, 0.2) is 0 Å².